The molecule has 190 valence electrons. The molecule has 6 nitrogen and oxygen atoms in total. The first-order valence-corrected chi connectivity index (χ1v) is 13.2. The number of benzene rings is 3. The Morgan fingerprint density at radius 1 is 0.892 bits per heavy atom. The van der Waals surface area contributed by atoms with Crippen LogP contribution in [0.3, 0.4) is 0 Å². The summed E-state index contributed by atoms with van der Waals surface area (Å²) in [5.74, 6) is -0.121. The van der Waals surface area contributed by atoms with Gasteiger partial charge in [-0.25, -0.2) is 0 Å². The second kappa shape index (κ2) is 11.6. The molecule has 0 atom stereocenters. The van der Waals surface area contributed by atoms with E-state index in [9.17, 15) is 4.79 Å². The molecule has 9 heteroatoms. The van der Waals surface area contributed by atoms with Gasteiger partial charge >= 0.3 is 0 Å². The van der Waals surface area contributed by atoms with Gasteiger partial charge in [-0.1, -0.05) is 53.0 Å². The third-order valence-corrected chi connectivity index (χ3v) is 7.55. The number of hydrogen-bond donors (Lipinski definition) is 2. The van der Waals surface area contributed by atoms with Crippen molar-refractivity contribution >= 4 is 68.7 Å². The van der Waals surface area contributed by atoms with E-state index < -0.39 is 0 Å². The predicted octanol–water partition coefficient (Wildman–Crippen LogP) is 6.49. The first kappa shape index (κ1) is 25.6. The van der Waals surface area contributed by atoms with Gasteiger partial charge in [0.1, 0.15) is 0 Å². The minimum atomic E-state index is -0.121. The highest BCUT2D eigenvalue weighted by Gasteiger charge is 2.20. The summed E-state index contributed by atoms with van der Waals surface area (Å²) in [5, 5.41) is 9.16. The first-order chi connectivity index (χ1) is 18.0. The number of anilines is 3. The number of carbonyl (C=O) groups excluding carboxylic acids is 1. The Morgan fingerprint density at radius 2 is 1.70 bits per heavy atom. The molecule has 1 aliphatic rings. The van der Waals surface area contributed by atoms with Crippen LogP contribution in [-0.2, 0) is 0 Å². The number of para-hydroxylation sites is 1. The van der Waals surface area contributed by atoms with Crippen LogP contribution in [-0.4, -0.2) is 55.1 Å². The maximum absolute atomic E-state index is 13.1. The summed E-state index contributed by atoms with van der Waals surface area (Å²) < 4.78 is 0. The van der Waals surface area contributed by atoms with Crippen molar-refractivity contribution in [1.82, 2.24) is 15.2 Å². The van der Waals surface area contributed by atoms with Gasteiger partial charge in [0.15, 0.2) is 0 Å². The lowest BCUT2D eigenvalue weighted by Crippen LogP contribution is -2.48. The monoisotopic (exact) mass is 553 g/mol. The highest BCUT2D eigenvalue weighted by atomic mass is 35.5. The molecule has 0 unspecified atom stereocenters. The Hall–Kier alpha value is -3.03. The summed E-state index contributed by atoms with van der Waals surface area (Å²) in [6.07, 6.45) is 1.74. The number of halogens is 3. The van der Waals surface area contributed by atoms with Gasteiger partial charge in [-0.3, -0.25) is 14.7 Å². The quantitative estimate of drug-likeness (QED) is 0.273. The molecule has 5 rings (SSSR count). The lowest BCUT2D eigenvalue weighted by Gasteiger charge is -2.36. The molecule has 4 aromatic rings. The van der Waals surface area contributed by atoms with Crippen molar-refractivity contribution in [3.05, 3.63) is 93.6 Å². The largest absolute Gasteiger partial charge is 0.368 e. The minimum absolute atomic E-state index is 0.121. The molecule has 2 N–H and O–H groups in total. The average molecular weight is 555 g/mol. The Bertz CT molecular complexity index is 1420. The highest BCUT2D eigenvalue weighted by Crippen LogP contribution is 2.33. The fourth-order valence-electron chi connectivity index (χ4n) is 4.53. The van der Waals surface area contributed by atoms with Crippen LogP contribution in [0.4, 0.5) is 17.1 Å². The van der Waals surface area contributed by atoms with Crippen molar-refractivity contribution in [3.63, 3.8) is 0 Å². The van der Waals surface area contributed by atoms with E-state index in [2.05, 4.69) is 25.4 Å². The van der Waals surface area contributed by atoms with Gasteiger partial charge in [-0.05, 0) is 48.5 Å². The number of nitrogens with zero attached hydrogens (tertiary/aromatic N) is 3. The van der Waals surface area contributed by atoms with Crippen LogP contribution in [0.1, 0.15) is 10.4 Å². The number of fused-ring (bicyclic) bond motifs is 1. The van der Waals surface area contributed by atoms with Crippen molar-refractivity contribution in [2.45, 2.75) is 0 Å². The molecule has 37 heavy (non-hydrogen) atoms. The van der Waals surface area contributed by atoms with Gasteiger partial charge in [0, 0.05) is 61.6 Å². The molecule has 1 aliphatic heterocycles. The zero-order valence-corrected chi connectivity index (χ0v) is 22.3. The van der Waals surface area contributed by atoms with Gasteiger partial charge in [0.05, 0.1) is 32.5 Å². The average Bonchev–Trinajstić information content (AvgIpc) is 2.91. The number of rotatable bonds is 7. The van der Waals surface area contributed by atoms with Crippen molar-refractivity contribution in [3.8, 4) is 0 Å². The zero-order chi connectivity index (χ0) is 25.8. The van der Waals surface area contributed by atoms with E-state index in [0.717, 1.165) is 60.7 Å². The number of nitrogens with one attached hydrogen (secondary N) is 2. The number of hydrogen-bond acceptors (Lipinski definition) is 5. The van der Waals surface area contributed by atoms with E-state index in [-0.39, 0.29) is 5.91 Å². The first-order valence-electron chi connectivity index (χ1n) is 12.1. The van der Waals surface area contributed by atoms with E-state index >= 15 is 0 Å². The topological polar surface area (TPSA) is 60.5 Å². The van der Waals surface area contributed by atoms with Gasteiger partial charge in [-0.15, -0.1) is 0 Å². The number of piperazine rings is 1. The maximum Gasteiger partial charge on any atom is 0.253 e. The van der Waals surface area contributed by atoms with Gasteiger partial charge < -0.3 is 15.5 Å². The number of aromatic nitrogens is 1. The smallest absolute Gasteiger partial charge is 0.253 e. The summed E-state index contributed by atoms with van der Waals surface area (Å²) in [4.78, 5) is 22.1. The maximum atomic E-state index is 13.1. The molecule has 2 heterocycles. The molecule has 1 saturated heterocycles. The molecule has 0 bridgehead atoms. The Labute approximate surface area is 231 Å². The van der Waals surface area contributed by atoms with Crippen molar-refractivity contribution in [2.24, 2.45) is 0 Å². The normalized spacial score (nSPS) is 14.1. The van der Waals surface area contributed by atoms with Gasteiger partial charge in [0.2, 0.25) is 0 Å². The van der Waals surface area contributed by atoms with Crippen LogP contribution in [0.25, 0.3) is 10.9 Å². The van der Waals surface area contributed by atoms with Crippen molar-refractivity contribution in [1.29, 1.82) is 0 Å². The van der Waals surface area contributed by atoms with E-state index in [0.29, 0.717) is 27.2 Å². The molecule has 0 radical (unpaired) electrons. The molecule has 1 aromatic heterocycles. The third-order valence-electron chi connectivity index (χ3n) is 6.50. The lowest BCUT2D eigenvalue weighted by atomic mass is 10.1. The van der Waals surface area contributed by atoms with Crippen LogP contribution in [0.2, 0.25) is 15.1 Å². The molecule has 3 aromatic carbocycles. The van der Waals surface area contributed by atoms with E-state index in [1.807, 2.05) is 60.7 Å². The lowest BCUT2D eigenvalue weighted by molar-refractivity contribution is 0.0948. The van der Waals surface area contributed by atoms with Crippen LogP contribution >= 0.6 is 34.8 Å². The molecule has 1 fully saturated rings. The SMILES string of the molecule is O=C(NCCN1CCN(c2cccc(Cl)c2Cl)CC1)c1ccccc1Nc1ccnc2ccc(Cl)cc12. The summed E-state index contributed by atoms with van der Waals surface area (Å²) in [6.45, 7) is 4.79. The van der Waals surface area contributed by atoms with Crippen LogP contribution in [0.5, 0.6) is 0 Å². The van der Waals surface area contributed by atoms with E-state index in [1.54, 1.807) is 12.3 Å². The van der Waals surface area contributed by atoms with Crippen molar-refractivity contribution < 1.29 is 4.79 Å². The van der Waals surface area contributed by atoms with Crippen LogP contribution in [0, 0.1) is 0 Å². The second-order valence-electron chi connectivity index (χ2n) is 8.85. The molecule has 0 spiro atoms. The molecule has 0 aliphatic carbocycles. The molecular formula is C28H26Cl3N5O. The number of pyridine rings is 1. The molecule has 1 amide bonds. The Kier molecular flexibility index (Phi) is 8.01. The summed E-state index contributed by atoms with van der Waals surface area (Å²) in [7, 11) is 0. The fraction of sp³-hybridized carbons (Fsp3) is 0.214. The second-order valence-corrected chi connectivity index (χ2v) is 10.1. The number of carbonyl (C=O) groups is 1. The Balaban J connectivity index is 1.18. The van der Waals surface area contributed by atoms with E-state index in [4.69, 9.17) is 34.8 Å². The zero-order valence-electron chi connectivity index (χ0n) is 20.1. The predicted molar refractivity (Wildman–Crippen MR) is 154 cm³/mol. The summed E-state index contributed by atoms with van der Waals surface area (Å²) in [5.41, 5.74) is 3.93. The van der Waals surface area contributed by atoms with Crippen molar-refractivity contribution in [2.75, 3.05) is 49.5 Å². The third kappa shape index (κ3) is 5.94. The van der Waals surface area contributed by atoms with Crippen LogP contribution < -0.4 is 15.5 Å². The van der Waals surface area contributed by atoms with Crippen LogP contribution in [0.15, 0.2) is 72.9 Å². The summed E-state index contributed by atoms with van der Waals surface area (Å²) in [6, 6.07) is 20.6. The number of amides is 1. The van der Waals surface area contributed by atoms with Gasteiger partial charge in [0.25, 0.3) is 5.91 Å². The molecular weight excluding hydrogens is 529 g/mol. The van der Waals surface area contributed by atoms with Gasteiger partial charge in [-0.2, -0.15) is 0 Å². The fourth-order valence-corrected chi connectivity index (χ4v) is 5.12. The standard InChI is InChI=1S/C28H26Cl3N5O/c29-19-8-9-23-21(18-19)25(10-11-32-23)34-24-6-2-1-4-20(24)28(37)33-12-13-35-14-16-36(17-15-35)26-7-3-5-22(30)27(26)31/h1-11,18H,12-17H2,(H,32,34)(H,33,37). The highest BCUT2D eigenvalue weighted by molar-refractivity contribution is 6.43. The minimum Gasteiger partial charge on any atom is -0.368 e. The molecule has 0 saturated carbocycles. The Morgan fingerprint density at radius 3 is 2.54 bits per heavy atom. The summed E-state index contributed by atoms with van der Waals surface area (Å²) >= 11 is 18.8. The van der Waals surface area contributed by atoms with E-state index in [1.165, 1.54) is 0 Å².